The van der Waals surface area contributed by atoms with Crippen molar-refractivity contribution in [2.45, 2.75) is 6.54 Å². The van der Waals surface area contributed by atoms with Crippen LogP contribution in [0.3, 0.4) is 0 Å². The quantitative estimate of drug-likeness (QED) is 0.737. The summed E-state index contributed by atoms with van der Waals surface area (Å²) in [7, 11) is 0. The Labute approximate surface area is 150 Å². The molecule has 0 bridgehead atoms. The number of hydrogen-bond acceptors (Lipinski definition) is 4. The normalized spacial score (nSPS) is 10.0. The van der Waals surface area contributed by atoms with Crippen molar-refractivity contribution in [1.82, 2.24) is 10.3 Å². The van der Waals surface area contributed by atoms with Crippen LogP contribution in [0.2, 0.25) is 0 Å². The molecular formula is C20H15FN4O. The lowest BCUT2D eigenvalue weighted by Gasteiger charge is -2.08. The Kier molecular flexibility index (Phi) is 5.20. The van der Waals surface area contributed by atoms with Gasteiger partial charge >= 0.3 is 0 Å². The van der Waals surface area contributed by atoms with Gasteiger partial charge < -0.3 is 10.6 Å². The van der Waals surface area contributed by atoms with E-state index in [9.17, 15) is 9.18 Å². The summed E-state index contributed by atoms with van der Waals surface area (Å²) in [6, 6.07) is 18.4. The second-order valence-corrected chi connectivity index (χ2v) is 5.56. The Hall–Kier alpha value is -3.72. The number of benzene rings is 2. The van der Waals surface area contributed by atoms with Gasteiger partial charge in [-0.2, -0.15) is 5.26 Å². The zero-order chi connectivity index (χ0) is 18.4. The topological polar surface area (TPSA) is 77.8 Å². The minimum Gasteiger partial charge on any atom is -0.354 e. The summed E-state index contributed by atoms with van der Waals surface area (Å²) in [6.07, 6.45) is 1.55. The molecule has 1 amide bonds. The van der Waals surface area contributed by atoms with Gasteiger partial charge in [0.2, 0.25) is 0 Å². The fraction of sp³-hybridized carbons (Fsp3) is 0.0500. The van der Waals surface area contributed by atoms with Crippen LogP contribution in [0.5, 0.6) is 0 Å². The molecule has 0 saturated carbocycles. The number of amides is 1. The highest BCUT2D eigenvalue weighted by atomic mass is 19.1. The molecule has 128 valence electrons. The van der Waals surface area contributed by atoms with E-state index < -0.39 is 0 Å². The van der Waals surface area contributed by atoms with E-state index in [1.807, 2.05) is 6.07 Å². The van der Waals surface area contributed by atoms with Gasteiger partial charge in [-0.1, -0.05) is 18.2 Å². The lowest BCUT2D eigenvalue weighted by molar-refractivity contribution is 0.0946. The molecule has 0 saturated heterocycles. The van der Waals surface area contributed by atoms with Crippen LogP contribution in [0.25, 0.3) is 0 Å². The largest absolute Gasteiger partial charge is 0.354 e. The van der Waals surface area contributed by atoms with Crippen molar-refractivity contribution < 1.29 is 9.18 Å². The minimum atomic E-state index is -0.315. The van der Waals surface area contributed by atoms with Gasteiger partial charge in [0.15, 0.2) is 0 Å². The number of nitrogens with one attached hydrogen (secondary N) is 2. The van der Waals surface area contributed by atoms with E-state index >= 15 is 0 Å². The first-order valence-electron chi connectivity index (χ1n) is 7.90. The van der Waals surface area contributed by atoms with Gasteiger partial charge in [0.05, 0.1) is 23.5 Å². The van der Waals surface area contributed by atoms with Crippen molar-refractivity contribution in [2.75, 3.05) is 5.32 Å². The summed E-state index contributed by atoms with van der Waals surface area (Å²) in [6.45, 7) is 0.293. The maximum absolute atomic E-state index is 12.9. The number of anilines is 2. The smallest absolute Gasteiger partial charge is 0.270 e. The highest BCUT2D eigenvalue weighted by Gasteiger charge is 2.07. The van der Waals surface area contributed by atoms with Gasteiger partial charge in [-0.15, -0.1) is 0 Å². The van der Waals surface area contributed by atoms with E-state index in [0.717, 1.165) is 11.3 Å². The maximum atomic E-state index is 12.9. The number of nitrogens with zero attached hydrogens (tertiary/aromatic N) is 2. The monoisotopic (exact) mass is 346 g/mol. The van der Waals surface area contributed by atoms with Gasteiger partial charge in [-0.05, 0) is 48.0 Å². The molecule has 3 aromatic rings. The van der Waals surface area contributed by atoms with Crippen LogP contribution in [-0.2, 0) is 6.54 Å². The third-order valence-electron chi connectivity index (χ3n) is 3.64. The average Bonchev–Trinajstić information content (AvgIpc) is 2.68. The SMILES string of the molecule is N#Cc1cccc(Nc2ccc(C(=O)NCc3ccc(F)cc3)nc2)c1. The van der Waals surface area contributed by atoms with Crippen LogP contribution in [-0.4, -0.2) is 10.9 Å². The Morgan fingerprint density at radius 2 is 1.88 bits per heavy atom. The average molecular weight is 346 g/mol. The molecule has 0 aliphatic rings. The zero-order valence-corrected chi connectivity index (χ0v) is 13.7. The molecule has 6 heteroatoms. The number of carbonyl (C=O) groups excluding carboxylic acids is 1. The molecule has 2 N–H and O–H groups in total. The second-order valence-electron chi connectivity index (χ2n) is 5.56. The van der Waals surface area contributed by atoms with Gasteiger partial charge in [0.25, 0.3) is 5.91 Å². The number of hydrogen-bond donors (Lipinski definition) is 2. The molecule has 3 rings (SSSR count). The molecule has 1 aromatic heterocycles. The molecule has 0 spiro atoms. The fourth-order valence-corrected chi connectivity index (χ4v) is 2.31. The molecule has 0 aliphatic carbocycles. The number of rotatable bonds is 5. The van der Waals surface area contributed by atoms with Crippen LogP contribution in [0.1, 0.15) is 21.6 Å². The predicted octanol–water partition coefficient (Wildman–Crippen LogP) is 3.77. The lowest BCUT2D eigenvalue weighted by Crippen LogP contribution is -2.23. The van der Waals surface area contributed by atoms with Gasteiger partial charge in [-0.3, -0.25) is 4.79 Å². The summed E-state index contributed by atoms with van der Waals surface area (Å²) >= 11 is 0. The molecule has 1 heterocycles. The van der Waals surface area contributed by atoms with E-state index in [4.69, 9.17) is 5.26 Å². The molecule has 0 aliphatic heterocycles. The van der Waals surface area contributed by atoms with Crippen molar-refractivity contribution in [1.29, 1.82) is 5.26 Å². The summed E-state index contributed by atoms with van der Waals surface area (Å²) in [5.41, 5.74) is 3.10. The molecule has 0 radical (unpaired) electrons. The standard InChI is InChI=1S/C20H15FN4O/c21-16-6-4-14(5-7-16)12-24-20(26)19-9-8-18(13-23-19)25-17-3-1-2-15(10-17)11-22/h1-10,13,25H,12H2,(H,24,26). The highest BCUT2D eigenvalue weighted by molar-refractivity contribution is 5.92. The third-order valence-corrected chi connectivity index (χ3v) is 3.64. The first kappa shape index (κ1) is 17.1. The Balaban J connectivity index is 1.60. The summed E-state index contributed by atoms with van der Waals surface area (Å²) in [5, 5.41) is 14.8. The van der Waals surface area contributed by atoms with Gasteiger partial charge in [0.1, 0.15) is 11.5 Å². The Bertz CT molecular complexity index is 947. The fourth-order valence-electron chi connectivity index (χ4n) is 2.31. The molecule has 5 nitrogen and oxygen atoms in total. The van der Waals surface area contributed by atoms with Crippen LogP contribution in [0.4, 0.5) is 15.8 Å². The van der Waals surface area contributed by atoms with E-state index in [1.165, 1.54) is 12.1 Å². The predicted molar refractivity (Wildman–Crippen MR) is 96.2 cm³/mol. The van der Waals surface area contributed by atoms with Crippen LogP contribution in [0, 0.1) is 17.1 Å². The number of pyridine rings is 1. The Morgan fingerprint density at radius 1 is 1.08 bits per heavy atom. The number of carbonyl (C=O) groups is 1. The molecule has 0 fully saturated rings. The zero-order valence-electron chi connectivity index (χ0n) is 13.7. The van der Waals surface area contributed by atoms with E-state index in [1.54, 1.807) is 48.7 Å². The Morgan fingerprint density at radius 3 is 2.58 bits per heavy atom. The molecule has 0 unspecified atom stereocenters. The number of aromatic nitrogens is 1. The van der Waals surface area contributed by atoms with Gasteiger partial charge in [-0.25, -0.2) is 9.37 Å². The molecular weight excluding hydrogens is 331 g/mol. The lowest BCUT2D eigenvalue weighted by atomic mass is 10.2. The van der Waals surface area contributed by atoms with E-state index in [-0.39, 0.29) is 17.4 Å². The summed E-state index contributed by atoms with van der Waals surface area (Å²) < 4.78 is 12.9. The molecule has 0 atom stereocenters. The van der Waals surface area contributed by atoms with Crippen LogP contribution < -0.4 is 10.6 Å². The van der Waals surface area contributed by atoms with E-state index in [0.29, 0.717) is 17.8 Å². The van der Waals surface area contributed by atoms with Crippen LogP contribution >= 0.6 is 0 Å². The third kappa shape index (κ3) is 4.42. The highest BCUT2D eigenvalue weighted by Crippen LogP contribution is 2.17. The van der Waals surface area contributed by atoms with Crippen LogP contribution in [0.15, 0.2) is 66.9 Å². The molecule has 26 heavy (non-hydrogen) atoms. The van der Waals surface area contributed by atoms with E-state index in [2.05, 4.69) is 21.7 Å². The second kappa shape index (κ2) is 7.90. The van der Waals surface area contributed by atoms with Crippen molar-refractivity contribution in [2.24, 2.45) is 0 Å². The number of halogens is 1. The van der Waals surface area contributed by atoms with Crippen molar-refractivity contribution in [3.63, 3.8) is 0 Å². The first-order chi connectivity index (χ1) is 12.6. The van der Waals surface area contributed by atoms with Gasteiger partial charge in [0, 0.05) is 12.2 Å². The molecule has 2 aromatic carbocycles. The summed E-state index contributed by atoms with van der Waals surface area (Å²) in [5.74, 6) is -0.627. The maximum Gasteiger partial charge on any atom is 0.270 e. The number of nitriles is 1. The first-order valence-corrected chi connectivity index (χ1v) is 7.90. The van der Waals surface area contributed by atoms with Crippen molar-refractivity contribution >= 4 is 17.3 Å². The van der Waals surface area contributed by atoms with Crippen molar-refractivity contribution in [3.05, 3.63) is 89.5 Å². The summed E-state index contributed by atoms with van der Waals surface area (Å²) in [4.78, 5) is 16.3. The van der Waals surface area contributed by atoms with Crippen molar-refractivity contribution in [3.8, 4) is 6.07 Å². The minimum absolute atomic E-state index is 0.281.